The highest BCUT2D eigenvalue weighted by molar-refractivity contribution is 6.04. The summed E-state index contributed by atoms with van der Waals surface area (Å²) in [5, 5.41) is 6.60. The molecule has 96 valence electrons. The van der Waals surface area contributed by atoms with Crippen molar-refractivity contribution in [2.45, 2.75) is 6.92 Å². The van der Waals surface area contributed by atoms with Crippen molar-refractivity contribution in [3.63, 3.8) is 0 Å². The van der Waals surface area contributed by atoms with Gasteiger partial charge < -0.3 is 4.74 Å². The number of aromatic nitrogens is 3. The summed E-state index contributed by atoms with van der Waals surface area (Å²) >= 11 is 0. The Morgan fingerprint density at radius 2 is 2.16 bits per heavy atom. The van der Waals surface area contributed by atoms with Crippen LogP contribution in [0, 0.1) is 0 Å². The van der Waals surface area contributed by atoms with Crippen molar-refractivity contribution in [3.8, 4) is 0 Å². The second-order valence-electron chi connectivity index (χ2n) is 4.08. The standard InChI is InChI=1S/C13H11N3O3/c1-2-19-13(18)7-3-4-8-10(5-7)14-6-9-11(8)15-16-12(9)17/h3-6H,2H2,1H3,(H2,15,16,17). The Bertz CT molecular complexity index is 832. The molecular weight excluding hydrogens is 246 g/mol. The van der Waals surface area contributed by atoms with E-state index < -0.39 is 0 Å². The Morgan fingerprint density at radius 1 is 1.32 bits per heavy atom. The van der Waals surface area contributed by atoms with Crippen LogP contribution in [0.25, 0.3) is 21.8 Å². The Hall–Kier alpha value is -2.63. The first-order chi connectivity index (χ1) is 9.20. The Kier molecular flexibility index (Phi) is 2.56. The monoisotopic (exact) mass is 257 g/mol. The molecule has 0 fully saturated rings. The van der Waals surface area contributed by atoms with Crippen molar-refractivity contribution in [3.05, 3.63) is 40.3 Å². The molecule has 0 bridgehead atoms. The van der Waals surface area contributed by atoms with Crippen LogP contribution in [0.4, 0.5) is 0 Å². The third-order valence-corrected chi connectivity index (χ3v) is 2.93. The normalized spacial score (nSPS) is 11.0. The second-order valence-corrected chi connectivity index (χ2v) is 4.08. The molecule has 0 spiro atoms. The van der Waals surface area contributed by atoms with Gasteiger partial charge in [0.15, 0.2) is 0 Å². The smallest absolute Gasteiger partial charge is 0.338 e. The molecule has 2 aromatic heterocycles. The van der Waals surface area contributed by atoms with E-state index in [-0.39, 0.29) is 11.5 Å². The van der Waals surface area contributed by atoms with Gasteiger partial charge in [0, 0.05) is 11.6 Å². The van der Waals surface area contributed by atoms with E-state index in [4.69, 9.17) is 4.74 Å². The summed E-state index contributed by atoms with van der Waals surface area (Å²) in [5.41, 5.74) is 1.55. The maximum Gasteiger partial charge on any atom is 0.338 e. The number of hydrogen-bond acceptors (Lipinski definition) is 4. The van der Waals surface area contributed by atoms with Crippen molar-refractivity contribution in [1.29, 1.82) is 0 Å². The Balaban J connectivity index is 2.22. The number of nitrogens with zero attached hydrogens (tertiary/aromatic N) is 1. The molecule has 19 heavy (non-hydrogen) atoms. The fourth-order valence-corrected chi connectivity index (χ4v) is 2.03. The highest BCUT2D eigenvalue weighted by Gasteiger charge is 2.11. The van der Waals surface area contributed by atoms with Crippen molar-refractivity contribution >= 4 is 27.8 Å². The van der Waals surface area contributed by atoms with Crippen molar-refractivity contribution in [1.82, 2.24) is 15.2 Å². The lowest BCUT2D eigenvalue weighted by molar-refractivity contribution is 0.0526. The van der Waals surface area contributed by atoms with Gasteiger partial charge in [-0.2, -0.15) is 0 Å². The maximum atomic E-state index is 11.6. The number of benzene rings is 1. The number of fused-ring (bicyclic) bond motifs is 3. The summed E-state index contributed by atoms with van der Waals surface area (Å²) in [4.78, 5) is 27.3. The van der Waals surface area contributed by atoms with Crippen LogP contribution in [0.15, 0.2) is 29.2 Å². The molecule has 3 aromatic rings. The average molecular weight is 257 g/mol. The first-order valence-electron chi connectivity index (χ1n) is 5.87. The minimum Gasteiger partial charge on any atom is -0.462 e. The van der Waals surface area contributed by atoms with Gasteiger partial charge in [0.1, 0.15) is 0 Å². The fourth-order valence-electron chi connectivity index (χ4n) is 2.03. The number of H-pyrrole nitrogens is 2. The fraction of sp³-hybridized carbons (Fsp3) is 0.154. The molecule has 0 aliphatic rings. The lowest BCUT2D eigenvalue weighted by Gasteiger charge is -2.03. The van der Waals surface area contributed by atoms with Crippen LogP contribution < -0.4 is 5.56 Å². The number of pyridine rings is 1. The molecule has 0 saturated heterocycles. The van der Waals surface area contributed by atoms with E-state index in [0.717, 1.165) is 5.39 Å². The van der Waals surface area contributed by atoms with Gasteiger partial charge in [0.05, 0.1) is 28.6 Å². The summed E-state index contributed by atoms with van der Waals surface area (Å²) in [5.74, 6) is -0.381. The molecule has 2 heterocycles. The first-order valence-corrected chi connectivity index (χ1v) is 5.87. The minimum absolute atomic E-state index is 0.209. The molecule has 0 aliphatic carbocycles. The third kappa shape index (κ3) is 1.77. The lowest BCUT2D eigenvalue weighted by atomic mass is 10.1. The van der Waals surface area contributed by atoms with Gasteiger partial charge in [0.2, 0.25) is 0 Å². The van der Waals surface area contributed by atoms with Crippen LogP contribution in [-0.4, -0.2) is 27.8 Å². The molecule has 1 aromatic carbocycles. The van der Waals surface area contributed by atoms with E-state index in [1.165, 1.54) is 6.20 Å². The molecule has 0 radical (unpaired) electrons. The van der Waals surface area contributed by atoms with Crippen LogP contribution in [-0.2, 0) is 4.74 Å². The van der Waals surface area contributed by atoms with Crippen LogP contribution in [0.5, 0.6) is 0 Å². The van der Waals surface area contributed by atoms with E-state index in [0.29, 0.717) is 28.6 Å². The van der Waals surface area contributed by atoms with Gasteiger partial charge in [0.25, 0.3) is 5.56 Å². The molecule has 0 saturated carbocycles. The summed E-state index contributed by atoms with van der Waals surface area (Å²) < 4.78 is 4.94. The predicted octanol–water partition coefficient (Wildman–Crippen LogP) is 1.58. The third-order valence-electron chi connectivity index (χ3n) is 2.93. The molecule has 0 aliphatic heterocycles. The summed E-state index contributed by atoms with van der Waals surface area (Å²) in [7, 11) is 0. The quantitative estimate of drug-likeness (QED) is 0.682. The number of aromatic amines is 2. The van der Waals surface area contributed by atoms with Crippen molar-refractivity contribution in [2.24, 2.45) is 0 Å². The van der Waals surface area contributed by atoms with Gasteiger partial charge in [-0.05, 0) is 25.1 Å². The van der Waals surface area contributed by atoms with Crippen molar-refractivity contribution < 1.29 is 9.53 Å². The Labute approximate surface area is 107 Å². The highest BCUT2D eigenvalue weighted by atomic mass is 16.5. The van der Waals surface area contributed by atoms with Crippen LogP contribution >= 0.6 is 0 Å². The van der Waals surface area contributed by atoms with E-state index in [9.17, 15) is 9.59 Å². The average Bonchev–Trinajstić information content (AvgIpc) is 2.80. The molecule has 0 amide bonds. The zero-order valence-electron chi connectivity index (χ0n) is 10.2. The van der Waals surface area contributed by atoms with E-state index in [2.05, 4.69) is 15.2 Å². The topological polar surface area (TPSA) is 87.8 Å². The molecule has 2 N–H and O–H groups in total. The summed E-state index contributed by atoms with van der Waals surface area (Å²) in [6.07, 6.45) is 1.49. The van der Waals surface area contributed by atoms with Crippen LogP contribution in [0.2, 0.25) is 0 Å². The molecule has 3 rings (SSSR count). The number of esters is 1. The molecular formula is C13H11N3O3. The minimum atomic E-state index is -0.381. The summed E-state index contributed by atoms with van der Waals surface area (Å²) in [6.45, 7) is 2.08. The number of carbonyl (C=O) groups excluding carboxylic acids is 1. The van der Waals surface area contributed by atoms with E-state index in [1.807, 2.05) is 0 Å². The summed E-state index contributed by atoms with van der Waals surface area (Å²) in [6, 6.07) is 5.06. The SMILES string of the molecule is CCOC(=O)c1ccc2c(c1)ncc1c(=O)[nH][nH]c12. The van der Waals surface area contributed by atoms with Crippen LogP contribution in [0.3, 0.4) is 0 Å². The number of nitrogens with one attached hydrogen (secondary N) is 2. The molecule has 6 heteroatoms. The maximum absolute atomic E-state index is 11.6. The zero-order chi connectivity index (χ0) is 13.4. The zero-order valence-corrected chi connectivity index (χ0v) is 10.2. The van der Waals surface area contributed by atoms with Crippen LogP contribution in [0.1, 0.15) is 17.3 Å². The molecule has 0 unspecified atom stereocenters. The first kappa shape index (κ1) is 11.5. The number of rotatable bonds is 2. The second kappa shape index (κ2) is 4.24. The number of ether oxygens (including phenoxy) is 1. The number of hydrogen-bond donors (Lipinski definition) is 2. The predicted molar refractivity (Wildman–Crippen MR) is 70.2 cm³/mol. The van der Waals surface area contributed by atoms with Gasteiger partial charge >= 0.3 is 5.97 Å². The van der Waals surface area contributed by atoms with Crippen molar-refractivity contribution in [2.75, 3.05) is 6.61 Å². The van der Waals surface area contributed by atoms with Gasteiger partial charge in [-0.1, -0.05) is 0 Å². The molecule has 0 atom stereocenters. The lowest BCUT2D eigenvalue weighted by Crippen LogP contribution is -2.04. The van der Waals surface area contributed by atoms with Gasteiger partial charge in [-0.25, -0.2) is 4.79 Å². The number of carbonyl (C=O) groups is 1. The largest absolute Gasteiger partial charge is 0.462 e. The van der Waals surface area contributed by atoms with Gasteiger partial charge in [-0.3, -0.25) is 20.0 Å². The highest BCUT2D eigenvalue weighted by Crippen LogP contribution is 2.20. The van der Waals surface area contributed by atoms with E-state index >= 15 is 0 Å². The molecule has 6 nitrogen and oxygen atoms in total. The Morgan fingerprint density at radius 3 is 2.95 bits per heavy atom. The van der Waals surface area contributed by atoms with Gasteiger partial charge in [-0.15, -0.1) is 0 Å². The van der Waals surface area contributed by atoms with E-state index in [1.54, 1.807) is 25.1 Å².